The van der Waals surface area contributed by atoms with Gasteiger partial charge < -0.3 is 18.9 Å². The van der Waals surface area contributed by atoms with Gasteiger partial charge in [-0.05, 0) is 74.3 Å². The molecule has 14 heteroatoms. The number of carbonyl (C=O) groups excluding carboxylic acids is 2. The SMILES string of the molecule is CCOC(=O)COc1c(Br)cc(/C=c2\sc3n(c2=O)[C@@H](c2ccccc2OC(C)C)C(C(=O)OCC)=C(C)N=3)cc1[N+](=O)[O-]. The first-order valence-corrected chi connectivity index (χ1v) is 15.3. The molecule has 1 aliphatic heterocycles. The molecule has 0 saturated carbocycles. The fourth-order valence-corrected chi connectivity index (χ4v) is 6.23. The molecule has 4 rings (SSSR count). The minimum atomic E-state index is -0.901. The number of para-hydroxylation sites is 1. The molecule has 0 saturated heterocycles. The number of fused-ring (bicyclic) bond motifs is 1. The number of aromatic nitrogens is 1. The third-order valence-electron chi connectivity index (χ3n) is 6.27. The van der Waals surface area contributed by atoms with E-state index >= 15 is 0 Å². The van der Waals surface area contributed by atoms with Crippen molar-refractivity contribution in [2.75, 3.05) is 19.8 Å². The highest BCUT2D eigenvalue weighted by Crippen LogP contribution is 2.38. The third kappa shape index (κ3) is 6.91. The van der Waals surface area contributed by atoms with Crippen molar-refractivity contribution in [1.82, 2.24) is 4.57 Å². The van der Waals surface area contributed by atoms with E-state index in [1.165, 1.54) is 22.8 Å². The number of hydrogen-bond acceptors (Lipinski definition) is 11. The summed E-state index contributed by atoms with van der Waals surface area (Å²) in [4.78, 5) is 55.2. The molecule has 0 amide bonds. The number of allylic oxidation sites excluding steroid dienone is 1. The summed E-state index contributed by atoms with van der Waals surface area (Å²) >= 11 is 4.36. The number of benzene rings is 2. The van der Waals surface area contributed by atoms with Crippen LogP contribution >= 0.6 is 27.3 Å². The van der Waals surface area contributed by atoms with Crippen molar-refractivity contribution >= 4 is 51.0 Å². The predicted octanol–water partition coefficient (Wildman–Crippen LogP) is 4.20. The zero-order valence-corrected chi connectivity index (χ0v) is 27.0. The highest BCUT2D eigenvalue weighted by molar-refractivity contribution is 9.10. The molecule has 1 aliphatic rings. The second-order valence-electron chi connectivity index (χ2n) is 9.71. The van der Waals surface area contributed by atoms with Gasteiger partial charge in [-0.1, -0.05) is 29.5 Å². The summed E-state index contributed by atoms with van der Waals surface area (Å²) in [7, 11) is 0. The zero-order chi connectivity index (χ0) is 32.1. The summed E-state index contributed by atoms with van der Waals surface area (Å²) in [5, 5.41) is 11.9. The number of ether oxygens (including phenoxy) is 4. The molecule has 1 atom stereocenters. The summed E-state index contributed by atoms with van der Waals surface area (Å²) in [6, 6.07) is 9.02. The van der Waals surface area contributed by atoms with Crippen LogP contribution in [-0.2, 0) is 19.1 Å². The fraction of sp³-hybridized carbons (Fsp3) is 0.333. The molecule has 0 bridgehead atoms. The highest BCUT2D eigenvalue weighted by atomic mass is 79.9. The van der Waals surface area contributed by atoms with Crippen molar-refractivity contribution in [3.8, 4) is 11.5 Å². The van der Waals surface area contributed by atoms with E-state index in [0.717, 1.165) is 11.3 Å². The number of carbonyl (C=O) groups is 2. The maximum atomic E-state index is 14.0. The first-order chi connectivity index (χ1) is 21.0. The van der Waals surface area contributed by atoms with Crippen LogP contribution in [0.3, 0.4) is 0 Å². The van der Waals surface area contributed by atoms with Crippen LogP contribution in [-0.4, -0.2) is 47.4 Å². The van der Waals surface area contributed by atoms with Crippen molar-refractivity contribution < 1.29 is 33.5 Å². The van der Waals surface area contributed by atoms with Crippen LogP contribution in [0.5, 0.6) is 11.5 Å². The number of nitro benzene ring substituents is 1. The van der Waals surface area contributed by atoms with Gasteiger partial charge in [0.2, 0.25) is 5.75 Å². The lowest BCUT2D eigenvalue weighted by Crippen LogP contribution is -2.40. The van der Waals surface area contributed by atoms with Crippen LogP contribution in [0.1, 0.15) is 51.8 Å². The molecule has 232 valence electrons. The van der Waals surface area contributed by atoms with E-state index in [0.29, 0.717) is 27.4 Å². The molecule has 1 aromatic heterocycles. The monoisotopic (exact) mass is 687 g/mol. The van der Waals surface area contributed by atoms with Crippen molar-refractivity contribution in [3.05, 3.63) is 93.1 Å². The Morgan fingerprint density at radius 1 is 1.18 bits per heavy atom. The fourth-order valence-electron chi connectivity index (χ4n) is 4.60. The molecule has 0 fully saturated rings. The largest absolute Gasteiger partial charge is 0.491 e. The normalized spacial score (nSPS) is 14.6. The van der Waals surface area contributed by atoms with Crippen molar-refractivity contribution in [3.63, 3.8) is 0 Å². The van der Waals surface area contributed by atoms with Gasteiger partial charge in [-0.25, -0.2) is 14.6 Å². The summed E-state index contributed by atoms with van der Waals surface area (Å²) in [6.45, 7) is 8.50. The number of nitro groups is 1. The Morgan fingerprint density at radius 3 is 2.55 bits per heavy atom. The van der Waals surface area contributed by atoms with Crippen LogP contribution in [0.15, 0.2) is 61.9 Å². The van der Waals surface area contributed by atoms with Gasteiger partial charge in [0.05, 0.1) is 44.5 Å². The molecule has 12 nitrogen and oxygen atoms in total. The number of halogens is 1. The molecule has 2 aromatic carbocycles. The van der Waals surface area contributed by atoms with E-state index in [4.69, 9.17) is 18.9 Å². The van der Waals surface area contributed by atoms with Crippen molar-refractivity contribution in [2.45, 2.75) is 46.8 Å². The van der Waals surface area contributed by atoms with E-state index in [1.54, 1.807) is 45.0 Å². The van der Waals surface area contributed by atoms with Crippen molar-refractivity contribution in [1.29, 1.82) is 0 Å². The lowest BCUT2D eigenvalue weighted by atomic mass is 9.95. The number of hydrogen-bond donors (Lipinski definition) is 0. The lowest BCUT2D eigenvalue weighted by molar-refractivity contribution is -0.385. The molecular weight excluding hydrogens is 658 g/mol. The maximum Gasteiger partial charge on any atom is 0.344 e. The van der Waals surface area contributed by atoms with E-state index < -0.39 is 40.8 Å². The average Bonchev–Trinajstić information content (AvgIpc) is 3.25. The Kier molecular flexibility index (Phi) is 10.4. The number of thiazole rings is 1. The molecule has 2 heterocycles. The Labute approximate surface area is 264 Å². The first-order valence-electron chi connectivity index (χ1n) is 13.7. The minimum absolute atomic E-state index is 0.129. The molecule has 0 aliphatic carbocycles. The van der Waals surface area contributed by atoms with Crippen LogP contribution in [0.25, 0.3) is 6.08 Å². The van der Waals surface area contributed by atoms with Crippen LogP contribution in [0.4, 0.5) is 5.69 Å². The van der Waals surface area contributed by atoms with Crippen LogP contribution < -0.4 is 24.4 Å². The van der Waals surface area contributed by atoms with E-state index in [-0.39, 0.29) is 39.6 Å². The Hall–Kier alpha value is -4.30. The minimum Gasteiger partial charge on any atom is -0.491 e. The lowest BCUT2D eigenvalue weighted by Gasteiger charge is -2.26. The summed E-state index contributed by atoms with van der Waals surface area (Å²) in [5.41, 5.74) is 0.607. The Balaban J connectivity index is 1.89. The Morgan fingerprint density at radius 2 is 1.89 bits per heavy atom. The molecule has 44 heavy (non-hydrogen) atoms. The van der Waals surface area contributed by atoms with Gasteiger partial charge in [0.25, 0.3) is 5.56 Å². The van der Waals surface area contributed by atoms with E-state index in [9.17, 15) is 24.5 Å². The predicted molar refractivity (Wildman–Crippen MR) is 166 cm³/mol. The summed E-state index contributed by atoms with van der Waals surface area (Å²) < 4.78 is 23.5. The second-order valence-corrected chi connectivity index (χ2v) is 11.6. The number of esters is 2. The maximum absolute atomic E-state index is 14.0. The van der Waals surface area contributed by atoms with Crippen molar-refractivity contribution in [2.24, 2.45) is 4.99 Å². The first kappa shape index (κ1) is 32.6. The van der Waals surface area contributed by atoms with Gasteiger partial charge in [0.1, 0.15) is 11.8 Å². The summed E-state index contributed by atoms with van der Waals surface area (Å²) in [6.07, 6.45) is 1.31. The average molecular weight is 689 g/mol. The molecule has 0 N–H and O–H groups in total. The quantitative estimate of drug-likeness (QED) is 0.164. The standard InChI is InChI=1S/C30H30BrN3O9S/c1-6-40-24(35)15-42-27-20(31)12-18(13-21(27)34(38)39)14-23-28(36)33-26(19-10-8-9-11-22(19)43-16(3)4)25(29(37)41-7-2)17(5)32-30(33)44-23/h8-14,16,26H,6-7,15H2,1-5H3/b23-14-/t26-/m0/s1. The Bertz CT molecular complexity index is 1830. The van der Waals surface area contributed by atoms with Gasteiger partial charge in [-0.2, -0.15) is 0 Å². The third-order valence-corrected chi connectivity index (χ3v) is 7.85. The smallest absolute Gasteiger partial charge is 0.344 e. The van der Waals surface area contributed by atoms with Gasteiger partial charge >= 0.3 is 17.6 Å². The molecule has 0 unspecified atom stereocenters. The highest BCUT2D eigenvalue weighted by Gasteiger charge is 2.35. The van der Waals surface area contributed by atoms with Crippen LogP contribution in [0.2, 0.25) is 0 Å². The second kappa shape index (κ2) is 14.0. The van der Waals surface area contributed by atoms with Gasteiger partial charge in [0.15, 0.2) is 11.4 Å². The van der Waals surface area contributed by atoms with Gasteiger partial charge in [-0.15, -0.1) is 0 Å². The van der Waals surface area contributed by atoms with Gasteiger partial charge in [0, 0.05) is 11.6 Å². The molecule has 0 spiro atoms. The van der Waals surface area contributed by atoms with E-state index in [1.807, 2.05) is 13.8 Å². The topological polar surface area (TPSA) is 149 Å². The van der Waals surface area contributed by atoms with E-state index in [2.05, 4.69) is 20.9 Å². The van der Waals surface area contributed by atoms with Gasteiger partial charge in [-0.3, -0.25) is 19.5 Å². The number of nitrogens with zero attached hydrogens (tertiary/aromatic N) is 3. The zero-order valence-electron chi connectivity index (χ0n) is 24.6. The molecule has 3 aromatic rings. The molecule has 0 radical (unpaired) electrons. The molecular formula is C30H30BrN3O9S. The van der Waals surface area contributed by atoms with Crippen LogP contribution in [0, 0.1) is 10.1 Å². The number of rotatable bonds is 11. The summed E-state index contributed by atoms with van der Waals surface area (Å²) in [5.74, 6) is -0.939.